The minimum atomic E-state index is -1.17. The number of anilines is 2. The molecule has 28 heavy (non-hydrogen) atoms. The summed E-state index contributed by atoms with van der Waals surface area (Å²) in [5.41, 5.74) is 13.9. The van der Waals surface area contributed by atoms with Gasteiger partial charge in [-0.15, -0.1) is 0 Å². The molecule has 1 aliphatic rings. The van der Waals surface area contributed by atoms with Crippen molar-refractivity contribution in [2.75, 3.05) is 18.1 Å². The molecule has 10 nitrogen and oxygen atoms in total. The van der Waals surface area contributed by atoms with E-state index >= 15 is 0 Å². The highest BCUT2D eigenvalue weighted by Gasteiger charge is 2.44. The molecular formula is C18H22N6O4. The van der Waals surface area contributed by atoms with E-state index in [-0.39, 0.29) is 18.5 Å². The summed E-state index contributed by atoms with van der Waals surface area (Å²) in [5, 5.41) is 20.9. The number of benzene rings is 1. The summed E-state index contributed by atoms with van der Waals surface area (Å²) in [7, 11) is 0. The maximum Gasteiger partial charge on any atom is 0.167 e. The van der Waals surface area contributed by atoms with Crippen LogP contribution in [0, 0.1) is 0 Å². The molecule has 2 aromatic heterocycles. The molecule has 0 aliphatic carbocycles. The third kappa shape index (κ3) is 3.27. The number of aliphatic hydroxyl groups is 2. The first-order valence-electron chi connectivity index (χ1n) is 8.87. The fourth-order valence-electron chi connectivity index (χ4n) is 3.26. The average Bonchev–Trinajstić information content (AvgIpc) is 3.23. The molecule has 0 saturated carbocycles. The van der Waals surface area contributed by atoms with E-state index in [1.165, 1.54) is 17.2 Å². The Kier molecular flexibility index (Phi) is 4.85. The van der Waals surface area contributed by atoms with Crippen molar-refractivity contribution in [3.05, 3.63) is 42.5 Å². The lowest BCUT2D eigenvalue weighted by atomic mass is 10.1. The first-order chi connectivity index (χ1) is 13.5. The molecule has 0 radical (unpaired) electrons. The van der Waals surface area contributed by atoms with E-state index in [9.17, 15) is 10.2 Å². The molecular weight excluding hydrogens is 364 g/mol. The second kappa shape index (κ2) is 7.32. The van der Waals surface area contributed by atoms with Gasteiger partial charge >= 0.3 is 0 Å². The summed E-state index contributed by atoms with van der Waals surface area (Å²) >= 11 is 0. The normalized spacial score (nSPS) is 26.0. The second-order valence-electron chi connectivity index (χ2n) is 6.77. The number of nitrogens with two attached hydrogens (primary N) is 2. The van der Waals surface area contributed by atoms with Gasteiger partial charge in [0.25, 0.3) is 0 Å². The van der Waals surface area contributed by atoms with Crippen LogP contribution in [0.2, 0.25) is 0 Å². The number of hydrogen-bond acceptors (Lipinski definition) is 9. The largest absolute Gasteiger partial charge is 0.399 e. The van der Waals surface area contributed by atoms with Crippen molar-refractivity contribution in [2.45, 2.75) is 37.6 Å². The van der Waals surface area contributed by atoms with E-state index in [0.717, 1.165) is 5.56 Å². The maximum absolute atomic E-state index is 10.5. The van der Waals surface area contributed by atoms with Gasteiger partial charge < -0.3 is 31.2 Å². The van der Waals surface area contributed by atoms with Crippen LogP contribution >= 0.6 is 0 Å². The van der Waals surface area contributed by atoms with Crippen LogP contribution in [0.15, 0.2) is 36.9 Å². The Labute approximate surface area is 160 Å². The van der Waals surface area contributed by atoms with E-state index in [4.69, 9.17) is 20.9 Å². The van der Waals surface area contributed by atoms with Gasteiger partial charge in [-0.1, -0.05) is 12.1 Å². The van der Waals surface area contributed by atoms with E-state index in [0.29, 0.717) is 16.9 Å². The lowest BCUT2D eigenvalue weighted by Crippen LogP contribution is -2.34. The Hall–Kier alpha value is -2.79. The first kappa shape index (κ1) is 18.6. The van der Waals surface area contributed by atoms with Crippen LogP contribution in [0.5, 0.6) is 0 Å². The van der Waals surface area contributed by atoms with E-state index < -0.39 is 24.5 Å². The number of nitrogen functional groups attached to an aromatic ring is 2. The smallest absolute Gasteiger partial charge is 0.167 e. The molecule has 1 saturated heterocycles. The molecule has 148 valence electrons. The van der Waals surface area contributed by atoms with Crippen molar-refractivity contribution < 1.29 is 19.7 Å². The van der Waals surface area contributed by atoms with Gasteiger partial charge in [0, 0.05) is 5.69 Å². The van der Waals surface area contributed by atoms with Crippen LogP contribution in [-0.4, -0.2) is 54.7 Å². The molecule has 1 unspecified atom stereocenters. The first-order valence-corrected chi connectivity index (χ1v) is 8.87. The Morgan fingerprint density at radius 1 is 1.14 bits per heavy atom. The fraction of sp³-hybridized carbons (Fsp3) is 0.389. The zero-order valence-corrected chi connectivity index (χ0v) is 15.2. The van der Waals surface area contributed by atoms with Crippen LogP contribution in [0.3, 0.4) is 0 Å². The molecule has 6 N–H and O–H groups in total. The number of fused-ring (bicyclic) bond motifs is 1. The zero-order valence-electron chi connectivity index (χ0n) is 15.2. The molecule has 0 amide bonds. The number of aromatic nitrogens is 4. The van der Waals surface area contributed by atoms with E-state index in [1.54, 1.807) is 12.1 Å². The molecule has 1 aliphatic heterocycles. The lowest BCUT2D eigenvalue weighted by molar-refractivity contribution is -0.0788. The van der Waals surface area contributed by atoms with Crippen LogP contribution in [0.4, 0.5) is 11.5 Å². The minimum absolute atomic E-state index is 0.101. The SMILES string of the molecule is CC(OC[C@H]1O[C@@H](n2cnc3c(N)ncnc32)[C@H](O)[C@@H]1O)c1ccc(N)cc1. The summed E-state index contributed by atoms with van der Waals surface area (Å²) in [6.45, 7) is 1.99. The Morgan fingerprint density at radius 3 is 2.64 bits per heavy atom. The van der Waals surface area contributed by atoms with Crippen molar-refractivity contribution in [3.63, 3.8) is 0 Å². The Morgan fingerprint density at radius 2 is 1.89 bits per heavy atom. The molecule has 1 fully saturated rings. The maximum atomic E-state index is 10.5. The minimum Gasteiger partial charge on any atom is -0.399 e. The summed E-state index contributed by atoms with van der Waals surface area (Å²) in [5.74, 6) is 0.231. The molecule has 0 spiro atoms. The van der Waals surface area contributed by atoms with Gasteiger partial charge in [-0.2, -0.15) is 0 Å². The van der Waals surface area contributed by atoms with Gasteiger partial charge in [-0.05, 0) is 24.6 Å². The lowest BCUT2D eigenvalue weighted by Gasteiger charge is -2.19. The molecule has 3 aromatic rings. The average molecular weight is 386 g/mol. The van der Waals surface area contributed by atoms with Crippen molar-refractivity contribution in [1.29, 1.82) is 0 Å². The fourth-order valence-corrected chi connectivity index (χ4v) is 3.26. The number of imidazole rings is 1. The Balaban J connectivity index is 1.47. The van der Waals surface area contributed by atoms with Crippen molar-refractivity contribution >= 4 is 22.7 Å². The molecule has 10 heteroatoms. The van der Waals surface area contributed by atoms with E-state index in [2.05, 4.69) is 15.0 Å². The predicted octanol–water partition coefficient (Wildman–Crippen LogP) is 0.388. The molecule has 1 aromatic carbocycles. The summed E-state index contributed by atoms with van der Waals surface area (Å²) in [4.78, 5) is 12.2. The predicted molar refractivity (Wildman–Crippen MR) is 101 cm³/mol. The van der Waals surface area contributed by atoms with Gasteiger partial charge in [0.1, 0.15) is 30.2 Å². The highest BCUT2D eigenvalue weighted by atomic mass is 16.6. The van der Waals surface area contributed by atoms with Gasteiger partial charge in [0.05, 0.1) is 19.0 Å². The number of rotatable bonds is 5. The molecule has 4 rings (SSSR count). The molecule has 0 bridgehead atoms. The van der Waals surface area contributed by atoms with Crippen LogP contribution in [-0.2, 0) is 9.47 Å². The highest BCUT2D eigenvalue weighted by Crippen LogP contribution is 2.32. The Bertz CT molecular complexity index is 962. The quantitative estimate of drug-likeness (QED) is 0.456. The zero-order chi connectivity index (χ0) is 19.8. The number of nitrogens with zero attached hydrogens (tertiary/aromatic N) is 4. The summed E-state index contributed by atoms with van der Waals surface area (Å²) < 4.78 is 13.2. The van der Waals surface area contributed by atoms with Gasteiger partial charge in [0.15, 0.2) is 17.7 Å². The van der Waals surface area contributed by atoms with E-state index in [1.807, 2.05) is 19.1 Å². The number of hydrogen-bond donors (Lipinski definition) is 4. The summed E-state index contributed by atoms with van der Waals surface area (Å²) in [6.07, 6.45) is -1.34. The van der Waals surface area contributed by atoms with Crippen molar-refractivity contribution in [2.24, 2.45) is 0 Å². The third-order valence-electron chi connectivity index (χ3n) is 4.91. The van der Waals surface area contributed by atoms with Crippen LogP contribution < -0.4 is 11.5 Å². The standard InChI is InChI=1S/C18H22N6O4/c1-9(10-2-4-11(19)5-3-10)27-6-12-14(25)15(26)18(28-12)24-8-23-13-16(20)21-7-22-17(13)24/h2-5,7-9,12,14-15,18,25-26H,6,19H2,1H3,(H2,20,21,22)/t9?,12-,14-,15-,18-/m1/s1. The second-order valence-corrected chi connectivity index (χ2v) is 6.77. The third-order valence-corrected chi connectivity index (χ3v) is 4.91. The van der Waals surface area contributed by atoms with Crippen molar-refractivity contribution in [3.8, 4) is 0 Å². The monoisotopic (exact) mass is 386 g/mol. The molecule has 3 heterocycles. The molecule has 5 atom stereocenters. The van der Waals surface area contributed by atoms with Gasteiger partial charge in [-0.3, -0.25) is 4.57 Å². The highest BCUT2D eigenvalue weighted by molar-refractivity contribution is 5.81. The van der Waals surface area contributed by atoms with Crippen LogP contribution in [0.25, 0.3) is 11.2 Å². The topological polar surface area (TPSA) is 155 Å². The number of ether oxygens (including phenoxy) is 2. The van der Waals surface area contributed by atoms with Crippen molar-refractivity contribution in [1.82, 2.24) is 19.5 Å². The van der Waals surface area contributed by atoms with Gasteiger partial charge in [-0.25, -0.2) is 15.0 Å². The summed E-state index contributed by atoms with van der Waals surface area (Å²) in [6, 6.07) is 7.36. The van der Waals surface area contributed by atoms with Gasteiger partial charge in [0.2, 0.25) is 0 Å². The van der Waals surface area contributed by atoms with Crippen LogP contribution in [0.1, 0.15) is 24.8 Å². The number of aliphatic hydroxyl groups excluding tert-OH is 2.